The lowest BCUT2D eigenvalue weighted by Crippen LogP contribution is -1.91. The first kappa shape index (κ1) is 15.3. The van der Waals surface area contributed by atoms with Crippen LogP contribution in [0.1, 0.15) is 16.7 Å². The largest absolute Gasteiger partial charge is 0.452 e. The van der Waals surface area contributed by atoms with Gasteiger partial charge >= 0.3 is 0 Å². The fourth-order valence-electron chi connectivity index (χ4n) is 3.14. The summed E-state index contributed by atoms with van der Waals surface area (Å²) in [4.78, 5) is 0.757. The van der Waals surface area contributed by atoms with E-state index < -0.39 is 0 Å². The molecule has 3 aromatic heterocycles. The first-order chi connectivity index (χ1) is 12.6. The number of fused-ring (bicyclic) bond motifs is 2. The van der Waals surface area contributed by atoms with Gasteiger partial charge in [0.2, 0.25) is 10.8 Å². The van der Waals surface area contributed by atoms with Gasteiger partial charge in [-0.05, 0) is 44.0 Å². The number of benzene rings is 2. The van der Waals surface area contributed by atoms with Crippen LogP contribution in [-0.4, -0.2) is 19.8 Å². The van der Waals surface area contributed by atoms with Crippen LogP contribution in [0, 0.1) is 20.8 Å². The second-order valence-electron chi connectivity index (χ2n) is 6.48. The average Bonchev–Trinajstić information content (AvgIpc) is 3.31. The standard InChI is InChI=1S/C20H16N4OS/c1-11-8-9-14(10-12(11)2)19-23-24-18(21-22-20(24)26-19)17-13(3)15-6-4-5-7-16(15)25-17/h4-10H,1-3H3. The summed E-state index contributed by atoms with van der Waals surface area (Å²) in [5.74, 6) is 1.36. The Hall–Kier alpha value is -2.99. The van der Waals surface area contributed by atoms with Gasteiger partial charge in [-0.15, -0.1) is 10.2 Å². The Morgan fingerprint density at radius 2 is 1.81 bits per heavy atom. The third kappa shape index (κ3) is 2.19. The minimum atomic E-state index is 0.639. The lowest BCUT2D eigenvalue weighted by molar-refractivity contribution is 0.619. The third-order valence-corrected chi connectivity index (χ3v) is 5.74. The van der Waals surface area contributed by atoms with E-state index in [1.807, 2.05) is 25.1 Å². The molecule has 0 N–H and O–H groups in total. The van der Waals surface area contributed by atoms with E-state index in [-0.39, 0.29) is 0 Å². The maximum absolute atomic E-state index is 6.04. The van der Waals surface area contributed by atoms with Crippen molar-refractivity contribution in [3.63, 3.8) is 0 Å². The number of hydrogen-bond acceptors (Lipinski definition) is 5. The number of para-hydroxylation sites is 1. The highest BCUT2D eigenvalue weighted by Gasteiger charge is 2.20. The number of nitrogens with zero attached hydrogens (tertiary/aromatic N) is 4. The zero-order valence-electron chi connectivity index (χ0n) is 14.6. The van der Waals surface area contributed by atoms with Crippen molar-refractivity contribution in [1.29, 1.82) is 0 Å². The molecular formula is C20H16N4OS. The Labute approximate surface area is 153 Å². The van der Waals surface area contributed by atoms with Crippen molar-refractivity contribution in [3.8, 4) is 22.2 Å². The topological polar surface area (TPSA) is 56.2 Å². The Kier molecular flexibility index (Phi) is 3.24. The molecule has 0 saturated heterocycles. The zero-order chi connectivity index (χ0) is 17.8. The van der Waals surface area contributed by atoms with E-state index in [1.165, 1.54) is 22.5 Å². The van der Waals surface area contributed by atoms with E-state index in [0.29, 0.717) is 5.82 Å². The summed E-state index contributed by atoms with van der Waals surface area (Å²) in [5, 5.41) is 15.4. The second-order valence-corrected chi connectivity index (χ2v) is 7.43. The lowest BCUT2D eigenvalue weighted by Gasteiger charge is -2.01. The summed E-state index contributed by atoms with van der Waals surface area (Å²) in [7, 11) is 0. The summed E-state index contributed by atoms with van der Waals surface area (Å²) in [6.07, 6.45) is 0. The van der Waals surface area contributed by atoms with E-state index >= 15 is 0 Å². The van der Waals surface area contributed by atoms with E-state index in [2.05, 4.69) is 48.3 Å². The average molecular weight is 360 g/mol. The summed E-state index contributed by atoms with van der Waals surface area (Å²) < 4.78 is 7.82. The molecule has 0 amide bonds. The van der Waals surface area contributed by atoms with Gasteiger partial charge in [0.1, 0.15) is 10.6 Å². The molecule has 26 heavy (non-hydrogen) atoms. The van der Waals surface area contributed by atoms with Crippen LogP contribution in [0.15, 0.2) is 46.9 Å². The third-order valence-electron chi connectivity index (χ3n) is 4.79. The molecule has 0 aliphatic rings. The van der Waals surface area contributed by atoms with Gasteiger partial charge in [-0.3, -0.25) is 0 Å². The van der Waals surface area contributed by atoms with Gasteiger partial charge in [-0.25, -0.2) is 0 Å². The molecule has 0 unspecified atom stereocenters. The SMILES string of the molecule is Cc1ccc(-c2nn3c(-c4oc5ccccc5c4C)nnc3s2)cc1C. The van der Waals surface area contributed by atoms with Gasteiger partial charge < -0.3 is 4.42 Å². The fraction of sp³-hybridized carbons (Fsp3) is 0.150. The van der Waals surface area contributed by atoms with Gasteiger partial charge in [-0.2, -0.15) is 9.61 Å². The van der Waals surface area contributed by atoms with Crippen LogP contribution < -0.4 is 0 Å². The van der Waals surface area contributed by atoms with Crippen LogP contribution in [-0.2, 0) is 0 Å². The maximum Gasteiger partial charge on any atom is 0.235 e. The molecule has 5 aromatic rings. The van der Waals surface area contributed by atoms with Crippen LogP contribution >= 0.6 is 11.3 Å². The minimum absolute atomic E-state index is 0.639. The number of rotatable bonds is 2. The first-order valence-corrected chi connectivity index (χ1v) is 9.22. The van der Waals surface area contributed by atoms with E-state index in [0.717, 1.165) is 37.8 Å². The molecule has 2 aromatic carbocycles. The number of aromatic nitrogens is 4. The van der Waals surface area contributed by atoms with E-state index in [4.69, 9.17) is 9.52 Å². The van der Waals surface area contributed by atoms with Crippen molar-refractivity contribution in [2.75, 3.05) is 0 Å². The molecule has 0 fully saturated rings. The number of hydrogen-bond donors (Lipinski definition) is 0. The maximum atomic E-state index is 6.04. The molecule has 0 saturated carbocycles. The van der Waals surface area contributed by atoms with Gasteiger partial charge in [0.05, 0.1) is 0 Å². The van der Waals surface area contributed by atoms with Crippen molar-refractivity contribution in [2.24, 2.45) is 0 Å². The first-order valence-electron chi connectivity index (χ1n) is 8.40. The Bertz CT molecular complexity index is 1280. The lowest BCUT2D eigenvalue weighted by atomic mass is 10.1. The molecule has 0 atom stereocenters. The Morgan fingerprint density at radius 1 is 0.962 bits per heavy atom. The van der Waals surface area contributed by atoms with Gasteiger partial charge in [0.15, 0.2) is 5.76 Å². The summed E-state index contributed by atoms with van der Waals surface area (Å²) in [6, 6.07) is 14.4. The normalized spacial score (nSPS) is 11.7. The predicted octanol–water partition coefficient (Wildman–Crippen LogP) is 5.19. The van der Waals surface area contributed by atoms with E-state index in [1.54, 1.807) is 4.52 Å². The zero-order valence-corrected chi connectivity index (χ0v) is 15.5. The van der Waals surface area contributed by atoms with Crippen molar-refractivity contribution in [2.45, 2.75) is 20.8 Å². The molecule has 5 nitrogen and oxygen atoms in total. The number of aryl methyl sites for hydroxylation is 3. The molecule has 128 valence electrons. The molecule has 3 heterocycles. The number of furan rings is 1. The highest BCUT2D eigenvalue weighted by atomic mass is 32.1. The van der Waals surface area contributed by atoms with Gasteiger partial charge in [-0.1, -0.05) is 41.7 Å². The minimum Gasteiger partial charge on any atom is -0.452 e. The van der Waals surface area contributed by atoms with E-state index in [9.17, 15) is 0 Å². The Morgan fingerprint density at radius 3 is 2.62 bits per heavy atom. The summed E-state index contributed by atoms with van der Waals surface area (Å²) in [6.45, 7) is 6.27. The molecule has 0 spiro atoms. The van der Waals surface area contributed by atoms with Crippen LogP contribution in [0.25, 0.3) is 38.1 Å². The molecule has 0 aliphatic carbocycles. The monoisotopic (exact) mass is 360 g/mol. The molecule has 0 radical (unpaired) electrons. The highest BCUT2D eigenvalue weighted by molar-refractivity contribution is 7.19. The van der Waals surface area contributed by atoms with Crippen molar-refractivity contribution in [1.82, 2.24) is 19.8 Å². The van der Waals surface area contributed by atoms with Crippen LogP contribution in [0.5, 0.6) is 0 Å². The van der Waals surface area contributed by atoms with Crippen LogP contribution in [0.3, 0.4) is 0 Å². The van der Waals surface area contributed by atoms with Crippen LogP contribution in [0.4, 0.5) is 0 Å². The molecule has 0 aliphatic heterocycles. The van der Waals surface area contributed by atoms with Crippen molar-refractivity contribution in [3.05, 3.63) is 59.2 Å². The molecule has 0 bridgehead atoms. The fourth-order valence-corrected chi connectivity index (χ4v) is 3.97. The second kappa shape index (κ2) is 5.51. The highest BCUT2D eigenvalue weighted by Crippen LogP contribution is 2.34. The smallest absolute Gasteiger partial charge is 0.235 e. The summed E-state index contributed by atoms with van der Waals surface area (Å²) in [5.41, 5.74) is 5.52. The van der Waals surface area contributed by atoms with Gasteiger partial charge in [0.25, 0.3) is 0 Å². The molecule has 6 heteroatoms. The van der Waals surface area contributed by atoms with Crippen molar-refractivity contribution >= 4 is 27.3 Å². The van der Waals surface area contributed by atoms with Crippen LogP contribution in [0.2, 0.25) is 0 Å². The molecular weight excluding hydrogens is 344 g/mol. The predicted molar refractivity (Wildman–Crippen MR) is 104 cm³/mol. The van der Waals surface area contributed by atoms with Crippen molar-refractivity contribution < 1.29 is 4.42 Å². The summed E-state index contributed by atoms with van der Waals surface area (Å²) >= 11 is 1.53. The Balaban J connectivity index is 1.68. The quantitative estimate of drug-likeness (QED) is 0.435. The molecule has 5 rings (SSSR count). The van der Waals surface area contributed by atoms with Gasteiger partial charge in [0, 0.05) is 16.5 Å².